The number of alkyl halides is 3. The van der Waals surface area contributed by atoms with Gasteiger partial charge in [-0.1, -0.05) is 29.8 Å². The second-order valence-electron chi connectivity index (χ2n) is 5.10. The van der Waals surface area contributed by atoms with Crippen molar-refractivity contribution in [3.63, 3.8) is 0 Å². The molecule has 2 aromatic carbocycles. The molecule has 1 atom stereocenters. The Bertz CT molecular complexity index is 793. The molecule has 2 aromatic rings. The van der Waals surface area contributed by atoms with E-state index >= 15 is 0 Å². The van der Waals surface area contributed by atoms with Crippen LogP contribution in [-0.2, 0) is 15.7 Å². The van der Waals surface area contributed by atoms with Crippen molar-refractivity contribution in [3.05, 3.63) is 64.7 Å². The number of hydrogen-bond donors (Lipinski definition) is 1. The Morgan fingerprint density at radius 3 is 2.44 bits per heavy atom. The lowest BCUT2D eigenvalue weighted by Gasteiger charge is -2.15. The maximum Gasteiger partial charge on any atom is 0.416 e. The van der Waals surface area contributed by atoms with Crippen LogP contribution in [0.25, 0.3) is 0 Å². The zero-order valence-electron chi connectivity index (χ0n) is 12.9. The first kappa shape index (κ1) is 18.8. The third-order valence-corrected chi connectivity index (χ3v) is 3.53. The van der Waals surface area contributed by atoms with Gasteiger partial charge in [0.25, 0.3) is 5.91 Å². The average molecular weight is 372 g/mol. The number of nitrogens with one attached hydrogen (secondary N) is 1. The summed E-state index contributed by atoms with van der Waals surface area (Å²) >= 11 is 5.86. The second kappa shape index (κ2) is 7.57. The maximum absolute atomic E-state index is 12.7. The van der Waals surface area contributed by atoms with Gasteiger partial charge in [0.1, 0.15) is 0 Å². The van der Waals surface area contributed by atoms with Gasteiger partial charge in [0.2, 0.25) is 0 Å². The molecule has 0 saturated heterocycles. The van der Waals surface area contributed by atoms with E-state index < -0.39 is 29.7 Å². The van der Waals surface area contributed by atoms with Crippen molar-refractivity contribution in [1.29, 1.82) is 0 Å². The summed E-state index contributed by atoms with van der Waals surface area (Å²) in [6.45, 7) is 1.30. The number of carbonyl (C=O) groups excluding carboxylic acids is 2. The van der Waals surface area contributed by atoms with Crippen LogP contribution >= 0.6 is 11.6 Å². The fourth-order valence-corrected chi connectivity index (χ4v) is 2.13. The first-order valence-corrected chi connectivity index (χ1v) is 7.50. The number of esters is 1. The molecule has 0 saturated carbocycles. The Balaban J connectivity index is 2.04. The summed E-state index contributed by atoms with van der Waals surface area (Å²) in [5.41, 5.74) is -0.866. The van der Waals surface area contributed by atoms with Crippen LogP contribution in [0.3, 0.4) is 0 Å². The third kappa shape index (κ3) is 4.96. The van der Waals surface area contributed by atoms with Crippen molar-refractivity contribution in [2.75, 3.05) is 5.32 Å². The maximum atomic E-state index is 12.7. The molecular formula is C17H13ClF3NO3. The second-order valence-corrected chi connectivity index (χ2v) is 5.50. The van der Waals surface area contributed by atoms with E-state index in [-0.39, 0.29) is 16.3 Å². The summed E-state index contributed by atoms with van der Waals surface area (Å²) in [6, 6.07) is 10.3. The summed E-state index contributed by atoms with van der Waals surface area (Å²) in [5, 5.41) is 2.44. The predicted octanol–water partition coefficient (Wildman–Crippen LogP) is 4.54. The summed E-state index contributed by atoms with van der Waals surface area (Å²) in [7, 11) is 0. The standard InChI is InChI=1S/C17H13ClF3NO3/c1-10(25-16(24)13-7-2-3-8-14(13)18)15(23)22-12-6-4-5-11(9-12)17(19,20)21/h2-10H,1H3,(H,22,23)/t10-/m0/s1. The number of ether oxygens (including phenoxy) is 1. The lowest BCUT2D eigenvalue weighted by molar-refractivity contribution is -0.137. The van der Waals surface area contributed by atoms with Crippen LogP contribution < -0.4 is 5.32 Å². The Kier molecular flexibility index (Phi) is 5.69. The minimum absolute atomic E-state index is 0.0551. The Morgan fingerprint density at radius 2 is 1.80 bits per heavy atom. The molecule has 1 N–H and O–H groups in total. The molecule has 0 fully saturated rings. The van der Waals surface area contributed by atoms with Crippen molar-refractivity contribution in [2.24, 2.45) is 0 Å². The SMILES string of the molecule is C[C@H](OC(=O)c1ccccc1Cl)C(=O)Nc1cccc(C(F)(F)F)c1. The van der Waals surface area contributed by atoms with Gasteiger partial charge in [-0.25, -0.2) is 4.79 Å². The lowest BCUT2D eigenvalue weighted by atomic mass is 10.2. The number of halogens is 4. The molecule has 0 unspecified atom stereocenters. The molecule has 4 nitrogen and oxygen atoms in total. The van der Waals surface area contributed by atoms with E-state index in [1.165, 1.54) is 31.2 Å². The largest absolute Gasteiger partial charge is 0.449 e. The van der Waals surface area contributed by atoms with Gasteiger partial charge in [0.15, 0.2) is 6.10 Å². The summed E-state index contributed by atoms with van der Waals surface area (Å²) in [5.74, 6) is -1.57. The quantitative estimate of drug-likeness (QED) is 0.803. The van der Waals surface area contributed by atoms with Crippen LogP contribution in [0.15, 0.2) is 48.5 Å². The van der Waals surface area contributed by atoms with Crippen LogP contribution in [0.5, 0.6) is 0 Å². The molecule has 8 heteroatoms. The van der Waals surface area contributed by atoms with Crippen molar-refractivity contribution >= 4 is 29.2 Å². The molecule has 0 aromatic heterocycles. The van der Waals surface area contributed by atoms with Gasteiger partial charge in [0, 0.05) is 5.69 Å². The zero-order chi connectivity index (χ0) is 18.6. The fourth-order valence-electron chi connectivity index (χ4n) is 1.92. The molecule has 0 spiro atoms. The summed E-state index contributed by atoms with van der Waals surface area (Å²) in [6.07, 6.45) is -5.75. The Hall–Kier alpha value is -2.54. The van der Waals surface area contributed by atoms with Crippen LogP contribution in [-0.4, -0.2) is 18.0 Å². The van der Waals surface area contributed by atoms with Gasteiger partial charge in [0.05, 0.1) is 16.1 Å². The van der Waals surface area contributed by atoms with E-state index in [1.54, 1.807) is 12.1 Å². The highest BCUT2D eigenvalue weighted by Crippen LogP contribution is 2.30. The van der Waals surface area contributed by atoms with E-state index in [4.69, 9.17) is 16.3 Å². The molecule has 0 heterocycles. The Morgan fingerprint density at radius 1 is 1.12 bits per heavy atom. The van der Waals surface area contributed by atoms with Crippen LogP contribution in [0.1, 0.15) is 22.8 Å². The molecule has 1 amide bonds. The van der Waals surface area contributed by atoms with Gasteiger partial charge in [-0.05, 0) is 37.3 Å². The minimum Gasteiger partial charge on any atom is -0.449 e. The van der Waals surface area contributed by atoms with Crippen LogP contribution in [0.2, 0.25) is 5.02 Å². The van der Waals surface area contributed by atoms with E-state index in [0.717, 1.165) is 12.1 Å². The van der Waals surface area contributed by atoms with Gasteiger partial charge >= 0.3 is 12.1 Å². The molecule has 0 bridgehead atoms. The monoisotopic (exact) mass is 371 g/mol. The normalized spacial score (nSPS) is 12.4. The molecule has 0 aliphatic rings. The van der Waals surface area contributed by atoms with Crippen LogP contribution in [0.4, 0.5) is 18.9 Å². The number of benzene rings is 2. The highest BCUT2D eigenvalue weighted by atomic mass is 35.5. The van der Waals surface area contributed by atoms with Gasteiger partial charge in [-0.3, -0.25) is 4.79 Å². The number of amides is 1. The van der Waals surface area contributed by atoms with Crippen molar-refractivity contribution in [3.8, 4) is 0 Å². The summed E-state index contributed by atoms with van der Waals surface area (Å²) in [4.78, 5) is 24.0. The van der Waals surface area contributed by atoms with Gasteiger partial charge < -0.3 is 10.1 Å². The fraction of sp³-hybridized carbons (Fsp3) is 0.176. The highest BCUT2D eigenvalue weighted by Gasteiger charge is 2.30. The zero-order valence-corrected chi connectivity index (χ0v) is 13.7. The highest BCUT2D eigenvalue weighted by molar-refractivity contribution is 6.33. The number of rotatable bonds is 4. The first-order valence-electron chi connectivity index (χ1n) is 7.12. The van der Waals surface area contributed by atoms with E-state index in [9.17, 15) is 22.8 Å². The minimum atomic E-state index is -4.52. The molecule has 2 rings (SSSR count). The number of hydrogen-bond acceptors (Lipinski definition) is 3. The number of anilines is 1. The van der Waals surface area contributed by atoms with E-state index in [2.05, 4.69) is 5.32 Å². The summed E-state index contributed by atoms with van der Waals surface area (Å²) < 4.78 is 43.0. The van der Waals surface area contributed by atoms with E-state index in [1.807, 2.05) is 0 Å². The number of carbonyl (C=O) groups is 2. The van der Waals surface area contributed by atoms with Crippen LogP contribution in [0, 0.1) is 0 Å². The Labute approximate surface area is 146 Å². The van der Waals surface area contributed by atoms with Crippen molar-refractivity contribution in [1.82, 2.24) is 0 Å². The predicted molar refractivity (Wildman–Crippen MR) is 86.4 cm³/mol. The van der Waals surface area contributed by atoms with Gasteiger partial charge in [-0.2, -0.15) is 13.2 Å². The van der Waals surface area contributed by atoms with E-state index in [0.29, 0.717) is 0 Å². The van der Waals surface area contributed by atoms with Crippen molar-refractivity contribution in [2.45, 2.75) is 19.2 Å². The molecule has 0 aliphatic carbocycles. The first-order chi connectivity index (χ1) is 11.7. The smallest absolute Gasteiger partial charge is 0.416 e. The topological polar surface area (TPSA) is 55.4 Å². The van der Waals surface area contributed by atoms with Gasteiger partial charge in [-0.15, -0.1) is 0 Å². The molecule has 0 aliphatic heterocycles. The molecule has 0 radical (unpaired) electrons. The molecular weight excluding hydrogens is 359 g/mol. The average Bonchev–Trinajstić information content (AvgIpc) is 2.54. The van der Waals surface area contributed by atoms with Crippen molar-refractivity contribution < 1.29 is 27.5 Å². The molecule has 25 heavy (non-hydrogen) atoms. The third-order valence-electron chi connectivity index (χ3n) is 3.20. The lowest BCUT2D eigenvalue weighted by Crippen LogP contribution is -2.30. The molecule has 132 valence electrons.